The van der Waals surface area contributed by atoms with E-state index in [1.54, 1.807) is 0 Å². The molecular formula is C52H62N4O4. The lowest BCUT2D eigenvalue weighted by molar-refractivity contribution is -0.130. The fourth-order valence-corrected chi connectivity index (χ4v) is 11.4. The highest BCUT2D eigenvalue weighted by Crippen LogP contribution is 2.53. The van der Waals surface area contributed by atoms with Crippen molar-refractivity contribution in [1.82, 2.24) is 0 Å². The quantitative estimate of drug-likeness (QED) is 0.0751. The van der Waals surface area contributed by atoms with Crippen LogP contribution in [-0.2, 0) is 19.2 Å². The average molecular weight is 807 g/mol. The standard InChI is InChI=1S/C52H62N4O4/c1-3-5-7-9-11-13-15-17-31-51-33-30-42(58)56(51)48-38(28-26-35-21-19-23-39(53-51)43(35)48)46-49(59)45(50(46)60)37-27-25-36-22-20-24-40-44(36)47(37)54-52(34-29-41(57)55(40)52)32-18-16-14-12-10-8-6-4-2/h19-28,46,53H,3-18,29-34H2,1-2H3. The number of carbonyl (C=O) groups is 4. The highest BCUT2D eigenvalue weighted by atomic mass is 16.2. The van der Waals surface area contributed by atoms with Crippen LogP contribution in [0, 0.1) is 0 Å². The van der Waals surface area contributed by atoms with Crippen LogP contribution in [0.2, 0.25) is 0 Å². The van der Waals surface area contributed by atoms with E-state index < -0.39 is 17.2 Å². The number of hydrogen-bond donors (Lipinski definition) is 1. The van der Waals surface area contributed by atoms with Gasteiger partial charge in [-0.05, 0) is 60.6 Å². The molecule has 0 spiro atoms. The van der Waals surface area contributed by atoms with Crippen molar-refractivity contribution >= 4 is 67.6 Å². The molecule has 1 N–H and O–H groups in total. The molecule has 8 nitrogen and oxygen atoms in total. The molecule has 4 aromatic rings. The number of benzene rings is 4. The third-order valence-electron chi connectivity index (χ3n) is 14.5. The molecule has 8 heteroatoms. The number of nitrogens with one attached hydrogen (secondary N) is 1. The van der Waals surface area contributed by atoms with E-state index in [0.29, 0.717) is 41.8 Å². The third kappa shape index (κ3) is 6.86. The van der Waals surface area contributed by atoms with Gasteiger partial charge in [0.25, 0.3) is 0 Å². The monoisotopic (exact) mass is 806 g/mol. The van der Waals surface area contributed by atoms with Crippen molar-refractivity contribution < 1.29 is 19.2 Å². The van der Waals surface area contributed by atoms with Gasteiger partial charge in [0.15, 0.2) is 11.6 Å². The Bertz CT molecular complexity index is 2470. The highest BCUT2D eigenvalue weighted by molar-refractivity contribution is 6.59. The molecule has 4 aromatic carbocycles. The van der Waals surface area contributed by atoms with E-state index in [-0.39, 0.29) is 29.0 Å². The molecule has 60 heavy (non-hydrogen) atoms. The molecule has 0 aromatic heterocycles. The molecule has 2 saturated heterocycles. The zero-order valence-electron chi connectivity index (χ0n) is 35.9. The van der Waals surface area contributed by atoms with Crippen LogP contribution in [0.4, 0.5) is 17.1 Å². The number of amides is 2. The van der Waals surface area contributed by atoms with Crippen molar-refractivity contribution in [2.75, 3.05) is 15.1 Å². The summed E-state index contributed by atoms with van der Waals surface area (Å²) in [6.07, 6.45) is 22.9. The van der Waals surface area contributed by atoms with Gasteiger partial charge in [-0.1, -0.05) is 152 Å². The fourth-order valence-electron chi connectivity index (χ4n) is 11.4. The Morgan fingerprint density at radius 2 is 1.20 bits per heavy atom. The number of Topliss-reactive ketones (excluding diaryl/α,β-unsaturated/α-hetero) is 2. The van der Waals surface area contributed by atoms with Crippen LogP contribution in [0.25, 0.3) is 27.1 Å². The summed E-state index contributed by atoms with van der Waals surface area (Å²) in [5.41, 5.74) is 2.00. The summed E-state index contributed by atoms with van der Waals surface area (Å²) < 4.78 is 0. The van der Waals surface area contributed by atoms with Gasteiger partial charge in [-0.25, -0.2) is 0 Å². The molecule has 2 unspecified atom stereocenters. The van der Waals surface area contributed by atoms with Crippen LogP contribution in [0.1, 0.15) is 167 Å². The molecule has 2 atom stereocenters. The smallest absolute Gasteiger partial charge is 0.229 e. The summed E-state index contributed by atoms with van der Waals surface area (Å²) in [7, 11) is 0. The van der Waals surface area contributed by atoms with Crippen molar-refractivity contribution in [3.05, 3.63) is 76.8 Å². The van der Waals surface area contributed by atoms with E-state index in [0.717, 1.165) is 77.1 Å². The summed E-state index contributed by atoms with van der Waals surface area (Å²) in [5, 5.41) is 8.71. The first-order valence-electron chi connectivity index (χ1n) is 23.6. The number of carbonyl (C=O) groups excluding carboxylic acids is 4. The first kappa shape index (κ1) is 40.6. The molecule has 314 valence electrons. The maximum absolute atomic E-state index is 14.8. The summed E-state index contributed by atoms with van der Waals surface area (Å²) in [6.45, 7) is 4.49. The first-order valence-corrected chi connectivity index (χ1v) is 23.6. The van der Waals surface area contributed by atoms with Crippen LogP contribution in [-0.4, -0.2) is 34.7 Å². The van der Waals surface area contributed by atoms with Crippen molar-refractivity contribution in [2.24, 2.45) is 4.99 Å². The Hall–Kier alpha value is -4.85. The van der Waals surface area contributed by atoms with E-state index >= 15 is 0 Å². The van der Waals surface area contributed by atoms with E-state index in [2.05, 4.69) is 25.2 Å². The zero-order chi connectivity index (χ0) is 41.4. The predicted octanol–water partition coefficient (Wildman–Crippen LogP) is 10.8. The Morgan fingerprint density at radius 1 is 0.617 bits per heavy atom. The number of unbranched alkanes of at least 4 members (excludes halogenated alkanes) is 14. The summed E-state index contributed by atoms with van der Waals surface area (Å²) in [5.74, 6) is -1.33. The van der Waals surface area contributed by atoms with Crippen LogP contribution in [0.15, 0.2) is 65.7 Å². The lowest BCUT2D eigenvalue weighted by Gasteiger charge is -2.46. The van der Waals surface area contributed by atoms with Gasteiger partial charge in [0.1, 0.15) is 17.2 Å². The fraction of sp³-hybridized carbons (Fsp3) is 0.519. The van der Waals surface area contributed by atoms with Gasteiger partial charge in [-0.3, -0.25) is 34.0 Å². The minimum atomic E-state index is -1.00. The van der Waals surface area contributed by atoms with Crippen LogP contribution < -0.4 is 25.7 Å². The Labute approximate surface area is 354 Å². The molecule has 4 aliphatic heterocycles. The number of ketones is 2. The molecule has 1 saturated carbocycles. The van der Waals surface area contributed by atoms with Gasteiger partial charge >= 0.3 is 0 Å². The zero-order valence-corrected chi connectivity index (χ0v) is 35.9. The van der Waals surface area contributed by atoms with Gasteiger partial charge in [-0.15, -0.1) is 0 Å². The highest BCUT2D eigenvalue weighted by Gasteiger charge is 2.54. The van der Waals surface area contributed by atoms with E-state index in [1.165, 1.54) is 77.0 Å². The van der Waals surface area contributed by atoms with Crippen LogP contribution in [0.3, 0.4) is 0 Å². The normalized spacial score (nSPS) is 22.7. The molecule has 5 aliphatic rings. The second-order valence-corrected chi connectivity index (χ2v) is 18.4. The second-order valence-electron chi connectivity index (χ2n) is 18.4. The van der Waals surface area contributed by atoms with Crippen LogP contribution in [0.5, 0.6) is 0 Å². The van der Waals surface area contributed by atoms with Crippen molar-refractivity contribution in [1.29, 1.82) is 0 Å². The van der Waals surface area contributed by atoms with E-state index in [9.17, 15) is 19.2 Å². The van der Waals surface area contributed by atoms with Gasteiger partial charge in [0.2, 0.25) is 11.8 Å². The van der Waals surface area contributed by atoms with Crippen molar-refractivity contribution in [3.63, 3.8) is 0 Å². The van der Waals surface area contributed by atoms with Gasteiger partial charge < -0.3 is 5.32 Å². The van der Waals surface area contributed by atoms with Gasteiger partial charge in [-0.2, -0.15) is 0 Å². The maximum Gasteiger partial charge on any atom is 0.229 e. The summed E-state index contributed by atoms with van der Waals surface area (Å²) in [6, 6.07) is 19.9. The molecule has 3 fully saturated rings. The average Bonchev–Trinajstić information content (AvgIpc) is 3.77. The number of nitrogens with zero attached hydrogens (tertiary/aromatic N) is 3. The second kappa shape index (κ2) is 16.9. The molecule has 1 aliphatic carbocycles. The molecule has 0 bridgehead atoms. The minimum absolute atomic E-state index is 0.0384. The SMILES string of the molecule is CCCCCCCCCCC12CCC(=O)N1c1cccc3ccc(=C4C(=O)C(c5ccc6cccc7c6c5N5C(=O)CCC5(CCCCCCCCCC)N7)C4=O)c(c13)=N2. The lowest BCUT2D eigenvalue weighted by Crippen LogP contribution is -2.55. The molecule has 0 radical (unpaired) electrons. The van der Waals surface area contributed by atoms with Crippen LogP contribution >= 0.6 is 0 Å². The minimum Gasteiger partial charge on any atom is -0.362 e. The third-order valence-corrected chi connectivity index (χ3v) is 14.5. The predicted molar refractivity (Wildman–Crippen MR) is 242 cm³/mol. The Balaban J connectivity index is 1.06. The molecule has 2 amide bonds. The van der Waals surface area contributed by atoms with E-state index in [4.69, 9.17) is 4.99 Å². The lowest BCUT2D eigenvalue weighted by atomic mass is 9.70. The largest absolute Gasteiger partial charge is 0.362 e. The molecule has 4 heterocycles. The van der Waals surface area contributed by atoms with Crippen molar-refractivity contribution in [2.45, 2.75) is 172 Å². The molecule has 9 rings (SSSR count). The van der Waals surface area contributed by atoms with E-state index in [1.807, 2.05) is 64.4 Å². The van der Waals surface area contributed by atoms with Gasteiger partial charge in [0.05, 0.1) is 22.3 Å². The number of hydrogen-bond acceptors (Lipinski definition) is 6. The topological polar surface area (TPSA) is 99.1 Å². The summed E-state index contributed by atoms with van der Waals surface area (Å²) >= 11 is 0. The van der Waals surface area contributed by atoms with Crippen molar-refractivity contribution in [3.8, 4) is 0 Å². The Morgan fingerprint density at radius 3 is 1.90 bits per heavy atom. The Kier molecular flexibility index (Phi) is 11.4. The summed E-state index contributed by atoms with van der Waals surface area (Å²) in [4.78, 5) is 66.6. The maximum atomic E-state index is 14.8. The molecular weight excluding hydrogens is 745 g/mol. The first-order chi connectivity index (χ1) is 29.3. The number of rotatable bonds is 19. The van der Waals surface area contributed by atoms with Gasteiger partial charge in [0, 0.05) is 40.9 Å². The number of anilines is 3. The number of fused-ring (bicyclic) bond motifs is 4.